The van der Waals surface area contributed by atoms with Crippen LogP contribution in [0.3, 0.4) is 0 Å². The molecule has 2 N–H and O–H groups in total. The van der Waals surface area contributed by atoms with E-state index in [1.807, 2.05) is 50.4 Å². The molecule has 0 bridgehead atoms. The number of carbonyl (C=O) groups excluding carboxylic acids is 1. The average molecular weight is 367 g/mol. The third-order valence-electron chi connectivity index (χ3n) is 4.35. The summed E-state index contributed by atoms with van der Waals surface area (Å²) < 4.78 is 6.71. The molecule has 27 heavy (non-hydrogen) atoms. The van der Waals surface area contributed by atoms with Gasteiger partial charge in [0.1, 0.15) is 0 Å². The van der Waals surface area contributed by atoms with Gasteiger partial charge < -0.3 is 15.4 Å². The van der Waals surface area contributed by atoms with Crippen molar-refractivity contribution in [2.75, 3.05) is 33.4 Å². The number of aromatic nitrogens is 3. The number of benzene rings is 1. The van der Waals surface area contributed by atoms with Crippen LogP contribution in [0.25, 0.3) is 22.3 Å². The molecule has 3 rings (SSSR count). The van der Waals surface area contributed by atoms with Gasteiger partial charge in [-0.15, -0.1) is 0 Å². The fourth-order valence-corrected chi connectivity index (χ4v) is 3.04. The van der Waals surface area contributed by atoms with Gasteiger partial charge in [0.25, 0.3) is 5.91 Å². The summed E-state index contributed by atoms with van der Waals surface area (Å²) in [6.07, 6.45) is 0. The summed E-state index contributed by atoms with van der Waals surface area (Å²) in [4.78, 5) is 17.6. The first-order chi connectivity index (χ1) is 13.1. The van der Waals surface area contributed by atoms with Gasteiger partial charge in [0, 0.05) is 39.4 Å². The van der Waals surface area contributed by atoms with Crippen molar-refractivity contribution < 1.29 is 9.53 Å². The maximum atomic E-state index is 12.9. The number of nitrogens with zero attached hydrogens (tertiary/aromatic N) is 3. The molecule has 7 heteroatoms. The van der Waals surface area contributed by atoms with Crippen LogP contribution >= 0.6 is 0 Å². The van der Waals surface area contributed by atoms with E-state index in [0.717, 1.165) is 28.9 Å². The number of methoxy groups -OCH3 is 1. The molecule has 3 aromatic rings. The standard InChI is InChI=1S/C20H25N5O2/c1-14-18-16(20(26)22-10-9-21-11-12-27-3)13-17(15-7-5-4-6-8-15)23-19(18)25(2)24-14/h4-8,13,21H,9-12H2,1-3H3,(H,22,26). The topological polar surface area (TPSA) is 81.1 Å². The van der Waals surface area contributed by atoms with Gasteiger partial charge in [-0.25, -0.2) is 4.98 Å². The summed E-state index contributed by atoms with van der Waals surface area (Å²) in [6.45, 7) is 4.52. The highest BCUT2D eigenvalue weighted by Crippen LogP contribution is 2.26. The van der Waals surface area contributed by atoms with Crippen LogP contribution in [0.2, 0.25) is 0 Å². The summed E-state index contributed by atoms with van der Waals surface area (Å²) in [5.41, 5.74) is 3.82. The van der Waals surface area contributed by atoms with Gasteiger partial charge in [-0.3, -0.25) is 9.48 Å². The van der Waals surface area contributed by atoms with Crippen LogP contribution in [0, 0.1) is 6.92 Å². The second kappa shape index (κ2) is 8.75. The van der Waals surface area contributed by atoms with Crippen molar-refractivity contribution in [1.82, 2.24) is 25.4 Å². The zero-order valence-electron chi connectivity index (χ0n) is 16.0. The van der Waals surface area contributed by atoms with Gasteiger partial charge in [0.15, 0.2) is 5.65 Å². The lowest BCUT2D eigenvalue weighted by Crippen LogP contribution is -2.33. The number of amides is 1. The zero-order chi connectivity index (χ0) is 19.2. The lowest BCUT2D eigenvalue weighted by molar-refractivity contribution is 0.0955. The highest BCUT2D eigenvalue weighted by atomic mass is 16.5. The second-order valence-electron chi connectivity index (χ2n) is 6.33. The fourth-order valence-electron chi connectivity index (χ4n) is 3.04. The minimum absolute atomic E-state index is 0.121. The van der Waals surface area contributed by atoms with Crippen molar-refractivity contribution >= 4 is 16.9 Å². The van der Waals surface area contributed by atoms with Crippen LogP contribution < -0.4 is 10.6 Å². The molecule has 0 saturated heterocycles. The molecule has 0 unspecified atom stereocenters. The first kappa shape index (κ1) is 19.0. The molecule has 0 atom stereocenters. The van der Waals surface area contributed by atoms with Gasteiger partial charge in [0.2, 0.25) is 0 Å². The summed E-state index contributed by atoms with van der Waals surface area (Å²) >= 11 is 0. The number of rotatable bonds is 8. The molecule has 0 fully saturated rings. The van der Waals surface area contributed by atoms with E-state index in [2.05, 4.69) is 15.7 Å². The molecule has 2 aromatic heterocycles. The highest BCUT2D eigenvalue weighted by Gasteiger charge is 2.18. The Labute approximate surface area is 158 Å². The SMILES string of the molecule is COCCNCCNC(=O)c1cc(-c2ccccc2)nc2c1c(C)nn2C. The normalized spacial score (nSPS) is 11.1. The Bertz CT molecular complexity index is 921. The minimum Gasteiger partial charge on any atom is -0.383 e. The molecule has 1 amide bonds. The molecule has 0 aliphatic carbocycles. The maximum Gasteiger partial charge on any atom is 0.252 e. The summed E-state index contributed by atoms with van der Waals surface area (Å²) in [6, 6.07) is 11.7. The van der Waals surface area contributed by atoms with Crippen molar-refractivity contribution in [3.8, 4) is 11.3 Å². The van der Waals surface area contributed by atoms with Crippen LogP contribution in [-0.2, 0) is 11.8 Å². The molecule has 2 heterocycles. The predicted octanol–water partition coefficient (Wildman–Crippen LogP) is 1.91. The van der Waals surface area contributed by atoms with E-state index >= 15 is 0 Å². The monoisotopic (exact) mass is 367 g/mol. The number of nitrogens with one attached hydrogen (secondary N) is 2. The third-order valence-corrected chi connectivity index (χ3v) is 4.35. The van der Waals surface area contributed by atoms with Crippen LogP contribution in [0.1, 0.15) is 16.1 Å². The molecule has 142 valence electrons. The number of pyridine rings is 1. The van der Waals surface area contributed by atoms with Crippen LogP contribution in [-0.4, -0.2) is 54.0 Å². The summed E-state index contributed by atoms with van der Waals surface area (Å²) in [7, 11) is 3.51. The molecule has 0 spiro atoms. The van der Waals surface area contributed by atoms with Crippen molar-refractivity contribution in [3.63, 3.8) is 0 Å². The maximum absolute atomic E-state index is 12.9. The van der Waals surface area contributed by atoms with Crippen molar-refractivity contribution in [1.29, 1.82) is 0 Å². The average Bonchev–Trinajstić information content (AvgIpc) is 2.98. The molecule has 7 nitrogen and oxygen atoms in total. The number of hydrogen-bond acceptors (Lipinski definition) is 5. The number of fused-ring (bicyclic) bond motifs is 1. The van der Waals surface area contributed by atoms with Gasteiger partial charge in [0.05, 0.1) is 28.9 Å². The van der Waals surface area contributed by atoms with E-state index < -0.39 is 0 Å². The Hall–Kier alpha value is -2.77. The number of ether oxygens (including phenoxy) is 1. The second-order valence-corrected chi connectivity index (χ2v) is 6.33. The van der Waals surface area contributed by atoms with E-state index in [0.29, 0.717) is 30.9 Å². The van der Waals surface area contributed by atoms with Gasteiger partial charge in [-0.05, 0) is 13.0 Å². The number of carbonyl (C=O) groups is 1. The number of aryl methyl sites for hydroxylation is 2. The minimum atomic E-state index is -0.121. The Morgan fingerprint density at radius 3 is 2.70 bits per heavy atom. The van der Waals surface area contributed by atoms with Gasteiger partial charge >= 0.3 is 0 Å². The van der Waals surface area contributed by atoms with Crippen molar-refractivity contribution in [3.05, 3.63) is 47.7 Å². The lowest BCUT2D eigenvalue weighted by atomic mass is 10.0. The molecule has 1 aromatic carbocycles. The zero-order valence-corrected chi connectivity index (χ0v) is 16.0. The lowest BCUT2D eigenvalue weighted by Gasteiger charge is -2.10. The van der Waals surface area contributed by atoms with E-state index in [1.165, 1.54) is 0 Å². The fraction of sp³-hybridized carbons (Fsp3) is 0.350. The molecular weight excluding hydrogens is 342 g/mol. The largest absolute Gasteiger partial charge is 0.383 e. The molecule has 0 aliphatic heterocycles. The Kier molecular flexibility index (Phi) is 6.16. The third kappa shape index (κ3) is 4.32. The molecule has 0 aliphatic rings. The molecule has 0 saturated carbocycles. The first-order valence-corrected chi connectivity index (χ1v) is 8.99. The van der Waals surface area contributed by atoms with Crippen molar-refractivity contribution in [2.45, 2.75) is 6.92 Å². The highest BCUT2D eigenvalue weighted by molar-refractivity contribution is 6.07. The first-order valence-electron chi connectivity index (χ1n) is 8.99. The van der Waals surface area contributed by atoms with Crippen LogP contribution in [0.4, 0.5) is 0 Å². The summed E-state index contributed by atoms with van der Waals surface area (Å²) in [5.74, 6) is -0.121. The smallest absolute Gasteiger partial charge is 0.252 e. The van der Waals surface area contributed by atoms with Crippen LogP contribution in [0.15, 0.2) is 36.4 Å². The van der Waals surface area contributed by atoms with E-state index in [4.69, 9.17) is 9.72 Å². The van der Waals surface area contributed by atoms with Crippen molar-refractivity contribution in [2.24, 2.45) is 7.05 Å². The molecule has 0 radical (unpaired) electrons. The molecular formula is C20H25N5O2. The van der Waals surface area contributed by atoms with Gasteiger partial charge in [-0.1, -0.05) is 30.3 Å². The Morgan fingerprint density at radius 2 is 1.96 bits per heavy atom. The quantitative estimate of drug-likeness (QED) is 0.595. The Morgan fingerprint density at radius 1 is 1.19 bits per heavy atom. The van der Waals surface area contributed by atoms with E-state index in [-0.39, 0.29) is 5.91 Å². The predicted molar refractivity (Wildman–Crippen MR) is 106 cm³/mol. The van der Waals surface area contributed by atoms with E-state index in [1.54, 1.807) is 11.8 Å². The number of hydrogen-bond donors (Lipinski definition) is 2. The van der Waals surface area contributed by atoms with Crippen LogP contribution in [0.5, 0.6) is 0 Å². The van der Waals surface area contributed by atoms with Gasteiger partial charge in [-0.2, -0.15) is 5.10 Å². The van der Waals surface area contributed by atoms with E-state index in [9.17, 15) is 4.79 Å². The summed E-state index contributed by atoms with van der Waals surface area (Å²) in [5, 5.41) is 11.4. The Balaban J connectivity index is 1.87.